The Balaban J connectivity index is 1.52. The molecule has 3 aromatic carbocycles. The lowest BCUT2D eigenvalue weighted by atomic mass is 10.1. The van der Waals surface area contributed by atoms with Crippen LogP contribution in [-0.2, 0) is 6.54 Å². The van der Waals surface area contributed by atoms with Crippen LogP contribution in [0.3, 0.4) is 0 Å². The molecule has 0 heterocycles. The highest BCUT2D eigenvalue weighted by atomic mass is 16.5. The van der Waals surface area contributed by atoms with Crippen LogP contribution in [0.4, 0.5) is 10.5 Å². The largest absolute Gasteiger partial charge is 0.457 e. The molecule has 2 amide bonds. The Labute approximate surface area is 147 Å². The highest BCUT2D eigenvalue weighted by Gasteiger charge is 2.04. The van der Waals surface area contributed by atoms with E-state index >= 15 is 0 Å². The van der Waals surface area contributed by atoms with E-state index in [1.807, 2.05) is 85.8 Å². The summed E-state index contributed by atoms with van der Waals surface area (Å²) in [6, 6.07) is 24.6. The van der Waals surface area contributed by atoms with Gasteiger partial charge in [-0.05, 0) is 54.4 Å². The van der Waals surface area contributed by atoms with Gasteiger partial charge in [-0.1, -0.05) is 42.5 Å². The predicted octanol–water partition coefficient (Wildman–Crippen LogP) is 5.11. The lowest BCUT2D eigenvalue weighted by Crippen LogP contribution is -2.28. The van der Waals surface area contributed by atoms with E-state index in [-0.39, 0.29) is 6.03 Å². The van der Waals surface area contributed by atoms with Crippen LogP contribution in [0.5, 0.6) is 11.5 Å². The van der Waals surface area contributed by atoms with E-state index < -0.39 is 0 Å². The summed E-state index contributed by atoms with van der Waals surface area (Å²) in [6.07, 6.45) is 0. The van der Waals surface area contributed by atoms with Crippen molar-refractivity contribution in [3.05, 3.63) is 90.0 Å². The second-order valence-electron chi connectivity index (χ2n) is 5.67. The first-order valence-electron chi connectivity index (χ1n) is 8.13. The molecule has 0 atom stereocenters. The van der Waals surface area contributed by atoms with E-state index in [1.165, 1.54) is 0 Å². The molecule has 0 saturated carbocycles. The molecule has 0 bridgehead atoms. The number of hydrogen-bond acceptors (Lipinski definition) is 2. The van der Waals surface area contributed by atoms with Gasteiger partial charge in [-0.25, -0.2) is 4.79 Å². The van der Waals surface area contributed by atoms with E-state index in [9.17, 15) is 4.79 Å². The Bertz CT molecular complexity index is 830. The molecule has 3 aromatic rings. The fraction of sp³-hybridized carbons (Fsp3) is 0.0952. The van der Waals surface area contributed by atoms with Gasteiger partial charge in [0, 0.05) is 12.2 Å². The molecule has 3 rings (SSSR count). The summed E-state index contributed by atoms with van der Waals surface area (Å²) in [5.74, 6) is 1.50. The molecule has 0 spiro atoms. The van der Waals surface area contributed by atoms with Gasteiger partial charge >= 0.3 is 6.03 Å². The number of carbonyl (C=O) groups is 1. The molecule has 0 aliphatic carbocycles. The summed E-state index contributed by atoms with van der Waals surface area (Å²) in [5.41, 5.74) is 2.97. The molecule has 4 heteroatoms. The maximum Gasteiger partial charge on any atom is 0.319 e. The Hall–Kier alpha value is -3.27. The molecule has 126 valence electrons. The van der Waals surface area contributed by atoms with Crippen LogP contribution in [0.25, 0.3) is 0 Å². The third kappa shape index (κ3) is 4.85. The predicted molar refractivity (Wildman–Crippen MR) is 100.0 cm³/mol. The Morgan fingerprint density at radius 2 is 1.48 bits per heavy atom. The zero-order chi connectivity index (χ0) is 17.5. The maximum atomic E-state index is 12.0. The summed E-state index contributed by atoms with van der Waals surface area (Å²) in [7, 11) is 0. The highest BCUT2D eigenvalue weighted by Crippen LogP contribution is 2.22. The average molecular weight is 332 g/mol. The summed E-state index contributed by atoms with van der Waals surface area (Å²) in [6.45, 7) is 2.52. The number of rotatable bonds is 5. The number of ether oxygens (including phenoxy) is 1. The molecule has 0 radical (unpaired) electrons. The average Bonchev–Trinajstić information content (AvgIpc) is 2.64. The molecule has 0 aliphatic heterocycles. The van der Waals surface area contributed by atoms with Crippen molar-refractivity contribution in [2.75, 3.05) is 5.32 Å². The first kappa shape index (κ1) is 16.6. The third-order valence-electron chi connectivity index (χ3n) is 3.79. The molecule has 2 N–H and O–H groups in total. The summed E-state index contributed by atoms with van der Waals surface area (Å²) < 4.78 is 5.73. The molecular weight excluding hydrogens is 312 g/mol. The van der Waals surface area contributed by atoms with Gasteiger partial charge in [0.2, 0.25) is 0 Å². The number of urea groups is 1. The topological polar surface area (TPSA) is 50.4 Å². The van der Waals surface area contributed by atoms with Crippen molar-refractivity contribution in [3.8, 4) is 11.5 Å². The van der Waals surface area contributed by atoms with Gasteiger partial charge in [0.1, 0.15) is 11.5 Å². The van der Waals surface area contributed by atoms with Crippen molar-refractivity contribution in [2.45, 2.75) is 13.5 Å². The summed E-state index contributed by atoms with van der Waals surface area (Å²) in [5, 5.41) is 5.68. The fourth-order valence-electron chi connectivity index (χ4n) is 2.39. The Morgan fingerprint density at radius 1 is 0.840 bits per heavy atom. The first-order valence-corrected chi connectivity index (χ1v) is 8.13. The van der Waals surface area contributed by atoms with Crippen LogP contribution in [0.15, 0.2) is 78.9 Å². The highest BCUT2D eigenvalue weighted by molar-refractivity contribution is 5.89. The lowest BCUT2D eigenvalue weighted by Gasteiger charge is -2.10. The number of para-hydroxylation sites is 1. The zero-order valence-corrected chi connectivity index (χ0v) is 14.0. The number of aryl methyl sites for hydroxylation is 1. The van der Waals surface area contributed by atoms with Crippen molar-refractivity contribution >= 4 is 11.7 Å². The van der Waals surface area contributed by atoms with Gasteiger partial charge in [0.25, 0.3) is 0 Å². The molecule has 0 fully saturated rings. The van der Waals surface area contributed by atoms with Gasteiger partial charge < -0.3 is 15.4 Å². The third-order valence-corrected chi connectivity index (χ3v) is 3.79. The molecule has 4 nitrogen and oxygen atoms in total. The zero-order valence-electron chi connectivity index (χ0n) is 14.0. The maximum absolute atomic E-state index is 12.0. The first-order chi connectivity index (χ1) is 12.2. The van der Waals surface area contributed by atoms with Crippen molar-refractivity contribution in [1.82, 2.24) is 5.32 Å². The number of hydrogen-bond donors (Lipinski definition) is 2. The minimum absolute atomic E-state index is 0.236. The van der Waals surface area contributed by atoms with Gasteiger partial charge in [0.15, 0.2) is 0 Å². The lowest BCUT2D eigenvalue weighted by molar-refractivity contribution is 0.251. The van der Waals surface area contributed by atoms with Crippen LogP contribution in [0.2, 0.25) is 0 Å². The van der Waals surface area contributed by atoms with Crippen LogP contribution < -0.4 is 15.4 Å². The van der Waals surface area contributed by atoms with E-state index in [0.29, 0.717) is 12.2 Å². The van der Waals surface area contributed by atoms with Crippen molar-refractivity contribution in [3.63, 3.8) is 0 Å². The fourth-order valence-corrected chi connectivity index (χ4v) is 2.39. The molecular formula is C21H20N2O2. The minimum Gasteiger partial charge on any atom is -0.457 e. The Morgan fingerprint density at radius 3 is 2.20 bits per heavy atom. The molecule has 25 heavy (non-hydrogen) atoms. The molecule has 0 saturated heterocycles. The number of benzene rings is 3. The van der Waals surface area contributed by atoms with Crippen molar-refractivity contribution in [1.29, 1.82) is 0 Å². The number of amides is 2. The van der Waals surface area contributed by atoms with E-state index in [4.69, 9.17) is 4.74 Å². The van der Waals surface area contributed by atoms with Gasteiger partial charge in [-0.15, -0.1) is 0 Å². The summed E-state index contributed by atoms with van der Waals surface area (Å²) >= 11 is 0. The van der Waals surface area contributed by atoms with Gasteiger partial charge in [-0.3, -0.25) is 0 Å². The number of carbonyl (C=O) groups excluding carboxylic acids is 1. The van der Waals surface area contributed by atoms with Crippen LogP contribution in [0, 0.1) is 6.92 Å². The monoisotopic (exact) mass is 332 g/mol. The Kier molecular flexibility index (Phi) is 5.32. The smallest absolute Gasteiger partial charge is 0.319 e. The van der Waals surface area contributed by atoms with Crippen LogP contribution in [-0.4, -0.2) is 6.03 Å². The van der Waals surface area contributed by atoms with E-state index in [0.717, 1.165) is 22.6 Å². The standard InChI is InChI=1S/C21H20N2O2/c1-16-7-5-6-8-17(16)15-22-21(24)23-18-11-13-20(14-12-18)25-19-9-3-2-4-10-19/h2-14H,15H2,1H3,(H2,22,23,24). The summed E-state index contributed by atoms with van der Waals surface area (Å²) in [4.78, 5) is 12.0. The molecule has 0 aliphatic rings. The minimum atomic E-state index is -0.236. The second-order valence-corrected chi connectivity index (χ2v) is 5.67. The second kappa shape index (κ2) is 8.02. The van der Waals surface area contributed by atoms with Crippen molar-refractivity contribution in [2.24, 2.45) is 0 Å². The van der Waals surface area contributed by atoms with Crippen LogP contribution >= 0.6 is 0 Å². The number of anilines is 1. The SMILES string of the molecule is Cc1ccccc1CNC(=O)Nc1ccc(Oc2ccccc2)cc1. The van der Waals surface area contributed by atoms with Crippen LogP contribution in [0.1, 0.15) is 11.1 Å². The van der Waals surface area contributed by atoms with Gasteiger partial charge in [-0.2, -0.15) is 0 Å². The van der Waals surface area contributed by atoms with Crippen molar-refractivity contribution < 1.29 is 9.53 Å². The van der Waals surface area contributed by atoms with E-state index in [2.05, 4.69) is 10.6 Å². The molecule has 0 unspecified atom stereocenters. The molecule has 0 aromatic heterocycles. The number of nitrogens with one attached hydrogen (secondary N) is 2. The normalized spacial score (nSPS) is 10.1. The quantitative estimate of drug-likeness (QED) is 0.682. The van der Waals surface area contributed by atoms with E-state index in [1.54, 1.807) is 0 Å². The van der Waals surface area contributed by atoms with Gasteiger partial charge in [0.05, 0.1) is 0 Å².